The Labute approximate surface area is 138 Å². The summed E-state index contributed by atoms with van der Waals surface area (Å²) in [5.74, 6) is -1.04. The van der Waals surface area contributed by atoms with Crippen molar-refractivity contribution in [2.75, 3.05) is 10.8 Å². The molecule has 1 aliphatic heterocycles. The normalized spacial score (nSPS) is 17.0. The Kier molecular flexibility index (Phi) is 3.79. The number of fused-ring (bicyclic) bond motifs is 1. The summed E-state index contributed by atoms with van der Waals surface area (Å²) < 4.78 is 41.0. The van der Waals surface area contributed by atoms with E-state index < -0.39 is 26.5 Å². The summed E-state index contributed by atoms with van der Waals surface area (Å²) in [7, 11) is -4.03. The molecule has 1 heterocycles. The molecule has 126 valence electrons. The van der Waals surface area contributed by atoms with Crippen molar-refractivity contribution in [3.8, 4) is 0 Å². The Morgan fingerprint density at radius 3 is 2.62 bits per heavy atom. The average Bonchev–Trinajstić information content (AvgIpc) is 2.85. The Bertz CT molecular complexity index is 943. The number of hydrogen-bond donors (Lipinski definition) is 0. The molecule has 0 aromatic heterocycles. The number of halogens is 1. The van der Waals surface area contributed by atoms with Gasteiger partial charge in [-0.2, -0.15) is 4.39 Å². The molecule has 0 radical (unpaired) electrons. The van der Waals surface area contributed by atoms with Crippen LogP contribution in [0.4, 0.5) is 15.8 Å². The van der Waals surface area contributed by atoms with Crippen molar-refractivity contribution in [1.82, 2.24) is 0 Å². The molecule has 0 amide bonds. The third-order valence-corrected chi connectivity index (χ3v) is 6.11. The van der Waals surface area contributed by atoms with Crippen LogP contribution < -0.4 is 4.31 Å². The Hall–Kier alpha value is -2.48. The third kappa shape index (κ3) is 2.43. The van der Waals surface area contributed by atoms with Crippen LogP contribution in [0, 0.1) is 22.9 Å². The van der Waals surface area contributed by atoms with Gasteiger partial charge >= 0.3 is 5.69 Å². The van der Waals surface area contributed by atoms with Crippen LogP contribution in [-0.2, 0) is 10.0 Å². The zero-order valence-electron chi connectivity index (χ0n) is 13.1. The van der Waals surface area contributed by atoms with Gasteiger partial charge in [0.2, 0.25) is 5.82 Å². The van der Waals surface area contributed by atoms with Crippen LogP contribution in [-0.4, -0.2) is 19.9 Å². The van der Waals surface area contributed by atoms with Crippen molar-refractivity contribution in [1.29, 1.82) is 0 Å². The fourth-order valence-corrected chi connectivity index (χ4v) is 4.79. The van der Waals surface area contributed by atoms with Crippen molar-refractivity contribution in [2.45, 2.75) is 24.7 Å². The fraction of sp³-hybridized carbons (Fsp3) is 0.250. The zero-order chi connectivity index (χ0) is 17.6. The predicted octanol–water partition coefficient (Wildman–Crippen LogP) is 3.35. The zero-order valence-corrected chi connectivity index (χ0v) is 13.9. The maximum atomic E-state index is 13.7. The van der Waals surface area contributed by atoms with Crippen LogP contribution >= 0.6 is 0 Å². The maximum Gasteiger partial charge on any atom is 0.306 e. The van der Waals surface area contributed by atoms with Gasteiger partial charge in [0.25, 0.3) is 10.0 Å². The van der Waals surface area contributed by atoms with Crippen molar-refractivity contribution in [2.24, 2.45) is 0 Å². The predicted molar refractivity (Wildman–Crippen MR) is 87.2 cm³/mol. The Morgan fingerprint density at radius 1 is 1.29 bits per heavy atom. The third-order valence-electron chi connectivity index (χ3n) is 4.19. The van der Waals surface area contributed by atoms with Gasteiger partial charge in [-0.3, -0.25) is 14.4 Å². The standard InChI is InChI=1S/C16H15FN2O4S/c1-10-7-13(17)15(19(20)21)8-16(10)24(22,23)18-9-11(2)12-5-3-4-6-14(12)18/h3-8,11H,9H2,1-2H3/t11-/m0/s1. The number of aryl methyl sites for hydroxylation is 1. The van der Waals surface area contributed by atoms with Gasteiger partial charge < -0.3 is 0 Å². The number of nitrogens with zero attached hydrogens (tertiary/aromatic N) is 2. The van der Waals surface area contributed by atoms with Crippen molar-refractivity contribution in [3.05, 3.63) is 63.5 Å². The monoisotopic (exact) mass is 350 g/mol. The van der Waals surface area contributed by atoms with E-state index in [0.29, 0.717) is 5.69 Å². The van der Waals surface area contributed by atoms with Crippen LogP contribution in [0.1, 0.15) is 24.0 Å². The molecule has 3 rings (SSSR count). The number of anilines is 1. The molecular weight excluding hydrogens is 335 g/mol. The number of nitro benzene ring substituents is 1. The second kappa shape index (κ2) is 5.55. The van der Waals surface area contributed by atoms with Gasteiger partial charge in [-0.15, -0.1) is 0 Å². The Balaban J connectivity index is 2.17. The lowest BCUT2D eigenvalue weighted by Crippen LogP contribution is -2.30. The summed E-state index contributed by atoms with van der Waals surface area (Å²) in [6, 6.07) is 8.81. The fourth-order valence-electron chi connectivity index (χ4n) is 2.98. The molecule has 6 nitrogen and oxygen atoms in total. The minimum Gasteiger partial charge on any atom is -0.265 e. The smallest absolute Gasteiger partial charge is 0.265 e. The summed E-state index contributed by atoms with van der Waals surface area (Å²) >= 11 is 0. The van der Waals surface area contributed by atoms with E-state index in [1.165, 1.54) is 11.2 Å². The summed E-state index contributed by atoms with van der Waals surface area (Å²) in [5, 5.41) is 10.9. The lowest BCUT2D eigenvalue weighted by molar-refractivity contribution is -0.387. The molecular formula is C16H15FN2O4S. The number of rotatable bonds is 3. The minimum absolute atomic E-state index is 0.00622. The summed E-state index contributed by atoms with van der Waals surface area (Å²) in [6.07, 6.45) is 0. The highest BCUT2D eigenvalue weighted by Crippen LogP contribution is 2.40. The molecule has 0 saturated heterocycles. The lowest BCUT2D eigenvalue weighted by Gasteiger charge is -2.21. The quantitative estimate of drug-likeness (QED) is 0.628. The number of hydrogen-bond acceptors (Lipinski definition) is 4. The topological polar surface area (TPSA) is 80.5 Å². The van der Waals surface area contributed by atoms with Gasteiger partial charge in [0.1, 0.15) is 0 Å². The molecule has 24 heavy (non-hydrogen) atoms. The van der Waals surface area contributed by atoms with E-state index in [1.54, 1.807) is 12.1 Å². The molecule has 0 fully saturated rings. The molecule has 1 aliphatic rings. The number of benzene rings is 2. The van der Waals surface area contributed by atoms with E-state index in [-0.39, 0.29) is 22.9 Å². The molecule has 0 unspecified atom stereocenters. The number of sulfonamides is 1. The largest absolute Gasteiger partial charge is 0.306 e. The van der Waals surface area contributed by atoms with Crippen LogP contribution in [0.2, 0.25) is 0 Å². The summed E-state index contributed by atoms with van der Waals surface area (Å²) in [4.78, 5) is 9.77. The van der Waals surface area contributed by atoms with Crippen LogP contribution in [0.25, 0.3) is 0 Å². The Morgan fingerprint density at radius 2 is 1.96 bits per heavy atom. The minimum atomic E-state index is -4.03. The van der Waals surface area contributed by atoms with E-state index in [1.807, 2.05) is 19.1 Å². The molecule has 1 atom stereocenters. The number of para-hydroxylation sites is 1. The molecule has 0 spiro atoms. The molecule has 0 bridgehead atoms. The van der Waals surface area contributed by atoms with Crippen molar-refractivity contribution in [3.63, 3.8) is 0 Å². The second-order valence-corrected chi connectivity index (χ2v) is 7.65. The van der Waals surface area contributed by atoms with E-state index in [9.17, 15) is 22.9 Å². The first-order chi connectivity index (χ1) is 11.2. The highest BCUT2D eigenvalue weighted by Gasteiger charge is 2.36. The van der Waals surface area contributed by atoms with Gasteiger partial charge in [0.15, 0.2) is 0 Å². The number of nitro groups is 1. The first-order valence-electron chi connectivity index (χ1n) is 7.29. The van der Waals surface area contributed by atoms with E-state index >= 15 is 0 Å². The van der Waals surface area contributed by atoms with E-state index in [0.717, 1.165) is 17.7 Å². The first-order valence-corrected chi connectivity index (χ1v) is 8.73. The molecule has 8 heteroatoms. The van der Waals surface area contributed by atoms with Crippen LogP contribution in [0.5, 0.6) is 0 Å². The van der Waals surface area contributed by atoms with Gasteiger partial charge in [-0.05, 0) is 30.2 Å². The first kappa shape index (κ1) is 16.4. The maximum absolute atomic E-state index is 13.7. The summed E-state index contributed by atoms with van der Waals surface area (Å²) in [6.45, 7) is 3.58. The van der Waals surface area contributed by atoms with Gasteiger partial charge in [0.05, 0.1) is 15.5 Å². The van der Waals surface area contributed by atoms with Gasteiger partial charge in [0, 0.05) is 18.5 Å². The van der Waals surface area contributed by atoms with Crippen molar-refractivity contribution >= 4 is 21.4 Å². The van der Waals surface area contributed by atoms with Gasteiger partial charge in [-0.1, -0.05) is 25.1 Å². The highest BCUT2D eigenvalue weighted by molar-refractivity contribution is 7.93. The highest BCUT2D eigenvalue weighted by atomic mass is 32.2. The molecule has 2 aromatic carbocycles. The molecule has 2 aromatic rings. The summed E-state index contributed by atoms with van der Waals surface area (Å²) in [5.41, 5.74) is 0.738. The van der Waals surface area contributed by atoms with E-state index in [4.69, 9.17) is 0 Å². The van der Waals surface area contributed by atoms with Crippen molar-refractivity contribution < 1.29 is 17.7 Å². The SMILES string of the molecule is Cc1cc(F)c([N+](=O)[O-])cc1S(=O)(=O)N1C[C@H](C)c2ccccc21. The molecule has 0 saturated carbocycles. The van der Waals surface area contributed by atoms with Crippen LogP contribution in [0.15, 0.2) is 41.3 Å². The molecule has 0 aliphatic carbocycles. The van der Waals surface area contributed by atoms with Crippen LogP contribution in [0.3, 0.4) is 0 Å². The van der Waals surface area contributed by atoms with Gasteiger partial charge in [-0.25, -0.2) is 8.42 Å². The second-order valence-electron chi connectivity index (χ2n) is 5.82. The molecule has 0 N–H and O–H groups in total. The average molecular weight is 350 g/mol. The lowest BCUT2D eigenvalue weighted by atomic mass is 10.0. The van der Waals surface area contributed by atoms with E-state index in [2.05, 4.69) is 0 Å².